The molecule has 0 bridgehead atoms. The summed E-state index contributed by atoms with van der Waals surface area (Å²) in [5.41, 5.74) is 0.700. The molecule has 0 aromatic carbocycles. The first-order chi connectivity index (χ1) is 9.58. The van der Waals surface area contributed by atoms with E-state index in [1.165, 1.54) is 0 Å². The molecule has 2 rings (SSSR count). The van der Waals surface area contributed by atoms with Crippen LogP contribution in [0.5, 0.6) is 0 Å². The summed E-state index contributed by atoms with van der Waals surface area (Å²) in [7, 11) is -0.898. The van der Waals surface area contributed by atoms with Crippen LogP contribution < -0.4 is 10.6 Å². The number of piperidine rings is 1. The van der Waals surface area contributed by atoms with Gasteiger partial charge in [-0.15, -0.1) is 0 Å². The lowest BCUT2D eigenvalue weighted by molar-refractivity contribution is 0.0930. The predicted molar refractivity (Wildman–Crippen MR) is 81.4 cm³/mol. The van der Waals surface area contributed by atoms with Gasteiger partial charge in [0.2, 0.25) is 0 Å². The van der Waals surface area contributed by atoms with Gasteiger partial charge < -0.3 is 15.2 Å². The van der Waals surface area contributed by atoms with Gasteiger partial charge in [-0.3, -0.25) is 9.00 Å². The second kappa shape index (κ2) is 7.04. The number of nitrogens with one attached hydrogen (secondary N) is 2. The van der Waals surface area contributed by atoms with Crippen molar-refractivity contribution in [3.8, 4) is 0 Å². The second-order valence-corrected chi connectivity index (χ2v) is 6.88. The summed E-state index contributed by atoms with van der Waals surface area (Å²) in [4.78, 5) is 12.3. The summed E-state index contributed by atoms with van der Waals surface area (Å²) in [6.07, 6.45) is 5.72. The monoisotopic (exact) mass is 297 g/mol. The van der Waals surface area contributed by atoms with Gasteiger partial charge in [-0.05, 0) is 45.0 Å². The quantitative estimate of drug-likeness (QED) is 0.849. The van der Waals surface area contributed by atoms with Crippen molar-refractivity contribution in [3.63, 3.8) is 0 Å². The smallest absolute Gasteiger partial charge is 0.268 e. The molecule has 5 nitrogen and oxygen atoms in total. The van der Waals surface area contributed by atoms with E-state index in [1.54, 1.807) is 6.26 Å². The number of hydrogen-bond donors (Lipinski definition) is 2. The summed E-state index contributed by atoms with van der Waals surface area (Å²) in [5, 5.41) is 6.26. The average Bonchev–Trinajstić information content (AvgIpc) is 2.87. The largest absolute Gasteiger partial charge is 0.347 e. The first kappa shape index (κ1) is 15.3. The third-order valence-corrected chi connectivity index (χ3v) is 4.55. The van der Waals surface area contributed by atoms with E-state index in [0.29, 0.717) is 17.5 Å². The average molecular weight is 297 g/mol. The third-order valence-electron chi connectivity index (χ3n) is 3.58. The number of aromatic nitrogens is 1. The minimum absolute atomic E-state index is 0.0773. The van der Waals surface area contributed by atoms with Crippen molar-refractivity contribution in [1.29, 1.82) is 0 Å². The molecule has 112 valence electrons. The SMILES string of the molecule is CC(CS(C)=O)NC(=O)c1cccn1C1CCNCC1. The van der Waals surface area contributed by atoms with Gasteiger partial charge in [0.25, 0.3) is 5.91 Å². The van der Waals surface area contributed by atoms with Crippen molar-refractivity contribution in [1.82, 2.24) is 15.2 Å². The topological polar surface area (TPSA) is 63.1 Å². The first-order valence-corrected chi connectivity index (χ1v) is 8.79. The van der Waals surface area contributed by atoms with Gasteiger partial charge in [-0.25, -0.2) is 0 Å². The lowest BCUT2D eigenvalue weighted by atomic mass is 10.1. The molecule has 1 aliphatic heterocycles. The highest BCUT2D eigenvalue weighted by Crippen LogP contribution is 2.21. The maximum absolute atomic E-state index is 12.3. The molecule has 1 aliphatic rings. The molecule has 0 aliphatic carbocycles. The Morgan fingerprint density at radius 3 is 2.90 bits per heavy atom. The van der Waals surface area contributed by atoms with E-state index in [-0.39, 0.29) is 11.9 Å². The van der Waals surface area contributed by atoms with E-state index >= 15 is 0 Å². The zero-order chi connectivity index (χ0) is 14.5. The number of carbonyl (C=O) groups is 1. The van der Waals surface area contributed by atoms with Crippen LogP contribution in [0.3, 0.4) is 0 Å². The number of hydrogen-bond acceptors (Lipinski definition) is 3. The lowest BCUT2D eigenvalue weighted by Crippen LogP contribution is -2.38. The highest BCUT2D eigenvalue weighted by atomic mass is 32.2. The van der Waals surface area contributed by atoms with E-state index in [0.717, 1.165) is 25.9 Å². The molecule has 1 aromatic heterocycles. The van der Waals surface area contributed by atoms with Gasteiger partial charge in [-0.1, -0.05) is 0 Å². The summed E-state index contributed by atoms with van der Waals surface area (Å²) in [6, 6.07) is 4.08. The highest BCUT2D eigenvalue weighted by molar-refractivity contribution is 7.84. The fourth-order valence-electron chi connectivity index (χ4n) is 2.68. The van der Waals surface area contributed by atoms with Crippen molar-refractivity contribution in [2.24, 2.45) is 0 Å². The molecular formula is C14H23N3O2S. The third kappa shape index (κ3) is 3.93. The molecule has 2 N–H and O–H groups in total. The Morgan fingerprint density at radius 1 is 1.55 bits per heavy atom. The number of nitrogens with zero attached hydrogens (tertiary/aromatic N) is 1. The van der Waals surface area contributed by atoms with E-state index < -0.39 is 10.8 Å². The fraction of sp³-hybridized carbons (Fsp3) is 0.643. The molecule has 1 fully saturated rings. The van der Waals surface area contributed by atoms with Crippen molar-refractivity contribution in [2.75, 3.05) is 25.1 Å². The van der Waals surface area contributed by atoms with Crippen LogP contribution in [0, 0.1) is 0 Å². The molecule has 0 spiro atoms. The van der Waals surface area contributed by atoms with Gasteiger partial charge in [0.1, 0.15) is 5.69 Å². The van der Waals surface area contributed by atoms with E-state index in [4.69, 9.17) is 0 Å². The molecule has 1 amide bonds. The van der Waals surface area contributed by atoms with Gasteiger partial charge >= 0.3 is 0 Å². The minimum atomic E-state index is -0.898. The Morgan fingerprint density at radius 2 is 2.25 bits per heavy atom. The molecule has 0 radical (unpaired) electrons. The standard InChI is InChI=1S/C14H23N3O2S/c1-11(10-20(2)19)16-14(18)13-4-3-9-17(13)12-5-7-15-8-6-12/h3-4,9,11-12,15H,5-8,10H2,1-2H3,(H,16,18). The van der Waals surface area contributed by atoms with Crippen LogP contribution in [0.2, 0.25) is 0 Å². The lowest BCUT2D eigenvalue weighted by Gasteiger charge is -2.26. The van der Waals surface area contributed by atoms with Crippen LogP contribution in [-0.4, -0.2) is 45.8 Å². The molecule has 1 saturated heterocycles. The fourth-order valence-corrected chi connectivity index (χ4v) is 3.47. The molecule has 1 aromatic rings. The Labute approximate surface area is 122 Å². The van der Waals surface area contributed by atoms with E-state index in [2.05, 4.69) is 15.2 Å². The number of carbonyl (C=O) groups excluding carboxylic acids is 1. The van der Waals surface area contributed by atoms with Gasteiger partial charge in [0.15, 0.2) is 0 Å². The Balaban J connectivity index is 2.03. The molecule has 2 heterocycles. The first-order valence-electron chi connectivity index (χ1n) is 7.06. The van der Waals surface area contributed by atoms with Gasteiger partial charge in [0, 0.05) is 41.1 Å². The Bertz CT molecular complexity index is 481. The normalized spacial score (nSPS) is 19.5. The van der Waals surface area contributed by atoms with Crippen molar-refractivity contribution in [3.05, 3.63) is 24.0 Å². The van der Waals surface area contributed by atoms with Crippen LogP contribution in [0.1, 0.15) is 36.3 Å². The molecule has 20 heavy (non-hydrogen) atoms. The van der Waals surface area contributed by atoms with E-state index in [1.807, 2.05) is 25.3 Å². The Kier molecular flexibility index (Phi) is 5.37. The van der Waals surface area contributed by atoms with Crippen LogP contribution >= 0.6 is 0 Å². The van der Waals surface area contributed by atoms with Crippen molar-refractivity contribution >= 4 is 16.7 Å². The van der Waals surface area contributed by atoms with Gasteiger partial charge in [-0.2, -0.15) is 0 Å². The maximum atomic E-state index is 12.3. The van der Waals surface area contributed by atoms with E-state index in [9.17, 15) is 9.00 Å². The van der Waals surface area contributed by atoms with Crippen LogP contribution in [-0.2, 0) is 10.8 Å². The summed E-state index contributed by atoms with van der Waals surface area (Å²) in [6.45, 7) is 3.88. The predicted octanol–water partition coefficient (Wildman–Crippen LogP) is 0.909. The zero-order valence-corrected chi connectivity index (χ0v) is 12.9. The zero-order valence-electron chi connectivity index (χ0n) is 12.1. The summed E-state index contributed by atoms with van der Waals surface area (Å²) >= 11 is 0. The molecule has 0 saturated carbocycles. The van der Waals surface area contributed by atoms with Crippen molar-refractivity contribution < 1.29 is 9.00 Å². The highest BCUT2D eigenvalue weighted by Gasteiger charge is 2.20. The second-order valence-electron chi connectivity index (χ2n) is 5.40. The van der Waals surface area contributed by atoms with Crippen LogP contribution in [0.15, 0.2) is 18.3 Å². The van der Waals surface area contributed by atoms with Crippen LogP contribution in [0.4, 0.5) is 0 Å². The van der Waals surface area contributed by atoms with Crippen LogP contribution in [0.25, 0.3) is 0 Å². The summed E-state index contributed by atoms with van der Waals surface area (Å²) in [5.74, 6) is 0.409. The molecule has 2 unspecified atom stereocenters. The summed E-state index contributed by atoms with van der Waals surface area (Å²) < 4.78 is 13.3. The molecular weight excluding hydrogens is 274 g/mol. The maximum Gasteiger partial charge on any atom is 0.268 e. The number of amides is 1. The van der Waals surface area contributed by atoms with Crippen molar-refractivity contribution in [2.45, 2.75) is 31.8 Å². The number of rotatable bonds is 5. The molecule has 6 heteroatoms. The van der Waals surface area contributed by atoms with Gasteiger partial charge in [0.05, 0.1) is 0 Å². The minimum Gasteiger partial charge on any atom is -0.347 e. The molecule has 2 atom stereocenters. The Hall–Kier alpha value is -1.14.